The SMILES string of the molecule is OC[C@H](CCC(O)c1cnc[nH]1)N(Cc1ccccc1)Cc1ccccc1. The topological polar surface area (TPSA) is 72.4 Å². The first-order chi connectivity index (χ1) is 13.3. The molecule has 5 nitrogen and oxygen atoms in total. The van der Waals surface area contributed by atoms with Crippen LogP contribution in [-0.2, 0) is 13.1 Å². The van der Waals surface area contributed by atoms with Crippen LogP contribution in [0.1, 0.15) is 35.8 Å². The molecule has 0 aliphatic rings. The van der Waals surface area contributed by atoms with Crippen LogP contribution in [0, 0.1) is 0 Å². The molecular formula is C22H27N3O2. The highest BCUT2D eigenvalue weighted by Crippen LogP contribution is 2.21. The highest BCUT2D eigenvalue weighted by atomic mass is 16.3. The van der Waals surface area contributed by atoms with Crippen LogP contribution in [0.4, 0.5) is 0 Å². The molecule has 0 aliphatic heterocycles. The van der Waals surface area contributed by atoms with Crippen LogP contribution in [0.25, 0.3) is 0 Å². The third kappa shape index (κ3) is 5.76. The summed E-state index contributed by atoms with van der Waals surface area (Å²) < 4.78 is 0. The zero-order valence-electron chi connectivity index (χ0n) is 15.4. The van der Waals surface area contributed by atoms with Gasteiger partial charge in [-0.15, -0.1) is 0 Å². The number of H-pyrrole nitrogens is 1. The zero-order valence-corrected chi connectivity index (χ0v) is 15.4. The van der Waals surface area contributed by atoms with E-state index in [2.05, 4.69) is 39.1 Å². The third-order valence-corrected chi connectivity index (χ3v) is 4.84. The van der Waals surface area contributed by atoms with E-state index in [1.165, 1.54) is 11.1 Å². The molecule has 27 heavy (non-hydrogen) atoms. The van der Waals surface area contributed by atoms with Gasteiger partial charge in [-0.3, -0.25) is 4.90 Å². The number of nitrogens with zero attached hydrogens (tertiary/aromatic N) is 2. The molecule has 3 rings (SSSR count). The first-order valence-corrected chi connectivity index (χ1v) is 9.35. The van der Waals surface area contributed by atoms with Crippen molar-refractivity contribution < 1.29 is 10.2 Å². The fraction of sp³-hybridized carbons (Fsp3) is 0.318. The van der Waals surface area contributed by atoms with Crippen molar-refractivity contribution in [2.24, 2.45) is 0 Å². The van der Waals surface area contributed by atoms with Crippen LogP contribution < -0.4 is 0 Å². The number of hydrogen-bond donors (Lipinski definition) is 3. The van der Waals surface area contributed by atoms with Crippen LogP contribution in [0.5, 0.6) is 0 Å². The van der Waals surface area contributed by atoms with E-state index >= 15 is 0 Å². The number of rotatable bonds is 10. The minimum atomic E-state index is -0.600. The van der Waals surface area contributed by atoms with E-state index in [0.717, 1.165) is 13.1 Å². The lowest BCUT2D eigenvalue weighted by Crippen LogP contribution is -2.37. The molecule has 0 saturated carbocycles. The van der Waals surface area contributed by atoms with Gasteiger partial charge in [-0.2, -0.15) is 0 Å². The van der Waals surface area contributed by atoms with E-state index in [1.54, 1.807) is 12.5 Å². The average Bonchev–Trinajstić information content (AvgIpc) is 3.25. The summed E-state index contributed by atoms with van der Waals surface area (Å²) in [4.78, 5) is 9.19. The van der Waals surface area contributed by atoms with E-state index < -0.39 is 6.10 Å². The maximum Gasteiger partial charge on any atom is 0.0954 e. The van der Waals surface area contributed by atoms with Crippen molar-refractivity contribution in [3.8, 4) is 0 Å². The number of hydrogen-bond acceptors (Lipinski definition) is 4. The number of imidazole rings is 1. The molecule has 0 fully saturated rings. The minimum absolute atomic E-state index is 0.0389. The molecule has 1 heterocycles. The predicted molar refractivity (Wildman–Crippen MR) is 106 cm³/mol. The number of benzene rings is 2. The molecule has 0 spiro atoms. The Bertz CT molecular complexity index is 721. The van der Waals surface area contributed by atoms with Gasteiger partial charge in [-0.25, -0.2) is 4.98 Å². The lowest BCUT2D eigenvalue weighted by Gasteiger charge is -2.31. The van der Waals surface area contributed by atoms with Gasteiger partial charge in [0, 0.05) is 19.1 Å². The number of aliphatic hydroxyl groups is 2. The van der Waals surface area contributed by atoms with Crippen LogP contribution >= 0.6 is 0 Å². The van der Waals surface area contributed by atoms with Crippen LogP contribution in [0.2, 0.25) is 0 Å². The predicted octanol–water partition coefficient (Wildman–Crippen LogP) is 3.29. The first-order valence-electron chi connectivity index (χ1n) is 9.35. The van der Waals surface area contributed by atoms with Gasteiger partial charge in [-0.1, -0.05) is 60.7 Å². The summed E-state index contributed by atoms with van der Waals surface area (Å²) in [6.07, 6.45) is 3.87. The Morgan fingerprint density at radius 1 is 0.889 bits per heavy atom. The first kappa shape index (κ1) is 19.3. The van der Waals surface area contributed by atoms with Gasteiger partial charge in [0.05, 0.1) is 30.9 Å². The number of aromatic nitrogens is 2. The second-order valence-electron chi connectivity index (χ2n) is 6.81. The van der Waals surface area contributed by atoms with E-state index in [4.69, 9.17) is 0 Å². The monoisotopic (exact) mass is 365 g/mol. The van der Waals surface area contributed by atoms with Crippen LogP contribution in [-0.4, -0.2) is 37.7 Å². The number of aromatic amines is 1. The Morgan fingerprint density at radius 3 is 1.96 bits per heavy atom. The minimum Gasteiger partial charge on any atom is -0.395 e. The Balaban J connectivity index is 1.70. The fourth-order valence-electron chi connectivity index (χ4n) is 3.29. The van der Waals surface area contributed by atoms with Crippen molar-refractivity contribution in [2.75, 3.05) is 6.61 Å². The summed E-state index contributed by atoms with van der Waals surface area (Å²) in [7, 11) is 0. The molecule has 0 bridgehead atoms. The molecule has 0 saturated heterocycles. The number of nitrogens with one attached hydrogen (secondary N) is 1. The van der Waals surface area contributed by atoms with Crippen molar-refractivity contribution in [1.82, 2.24) is 14.9 Å². The molecule has 3 N–H and O–H groups in total. The Kier molecular flexibility index (Phi) is 7.16. The third-order valence-electron chi connectivity index (χ3n) is 4.84. The molecule has 3 aromatic rings. The van der Waals surface area contributed by atoms with Crippen molar-refractivity contribution in [3.63, 3.8) is 0 Å². The van der Waals surface area contributed by atoms with E-state index in [0.29, 0.717) is 18.5 Å². The second kappa shape index (κ2) is 10.0. The van der Waals surface area contributed by atoms with E-state index in [1.807, 2.05) is 36.4 Å². The summed E-state index contributed by atoms with van der Waals surface area (Å²) in [5.41, 5.74) is 3.13. The summed E-state index contributed by atoms with van der Waals surface area (Å²) in [5, 5.41) is 20.4. The lowest BCUT2D eigenvalue weighted by atomic mass is 10.0. The maximum atomic E-state index is 10.3. The number of aliphatic hydroxyl groups excluding tert-OH is 2. The molecule has 1 aromatic heterocycles. The van der Waals surface area contributed by atoms with Gasteiger partial charge >= 0.3 is 0 Å². The highest BCUT2D eigenvalue weighted by molar-refractivity contribution is 5.17. The standard InChI is InChI=1S/C22H27N3O2/c26-16-20(11-12-22(27)21-13-23-17-24-21)25(14-18-7-3-1-4-8-18)15-19-9-5-2-6-10-19/h1-10,13,17,20,22,26-27H,11-12,14-16H2,(H,23,24)/t20-,22?/m0/s1. The van der Waals surface area contributed by atoms with Crippen LogP contribution in [0.15, 0.2) is 73.2 Å². The molecule has 1 unspecified atom stereocenters. The van der Waals surface area contributed by atoms with E-state index in [9.17, 15) is 10.2 Å². The van der Waals surface area contributed by atoms with Gasteiger partial charge in [0.2, 0.25) is 0 Å². The van der Waals surface area contributed by atoms with Crippen molar-refractivity contribution >= 4 is 0 Å². The smallest absolute Gasteiger partial charge is 0.0954 e. The lowest BCUT2D eigenvalue weighted by molar-refractivity contribution is 0.0821. The summed E-state index contributed by atoms with van der Waals surface area (Å²) >= 11 is 0. The molecule has 142 valence electrons. The quantitative estimate of drug-likeness (QED) is 0.515. The zero-order chi connectivity index (χ0) is 18.9. The molecule has 0 radical (unpaired) electrons. The fourth-order valence-corrected chi connectivity index (χ4v) is 3.29. The van der Waals surface area contributed by atoms with E-state index in [-0.39, 0.29) is 12.6 Å². The highest BCUT2D eigenvalue weighted by Gasteiger charge is 2.20. The largest absolute Gasteiger partial charge is 0.395 e. The van der Waals surface area contributed by atoms with Gasteiger partial charge < -0.3 is 15.2 Å². The average molecular weight is 365 g/mol. The van der Waals surface area contributed by atoms with Crippen LogP contribution in [0.3, 0.4) is 0 Å². The Hall–Kier alpha value is -2.47. The van der Waals surface area contributed by atoms with Crippen molar-refractivity contribution in [1.29, 1.82) is 0 Å². The van der Waals surface area contributed by atoms with Gasteiger partial charge in [-0.05, 0) is 24.0 Å². The van der Waals surface area contributed by atoms with Gasteiger partial charge in [0.15, 0.2) is 0 Å². The molecule has 5 heteroatoms. The summed E-state index contributed by atoms with van der Waals surface area (Å²) in [6, 6.07) is 20.5. The van der Waals surface area contributed by atoms with Gasteiger partial charge in [0.25, 0.3) is 0 Å². The summed E-state index contributed by atoms with van der Waals surface area (Å²) in [6.45, 7) is 1.55. The Morgan fingerprint density at radius 2 is 1.48 bits per heavy atom. The summed E-state index contributed by atoms with van der Waals surface area (Å²) in [5.74, 6) is 0. The molecule has 0 amide bonds. The second-order valence-corrected chi connectivity index (χ2v) is 6.81. The molecular weight excluding hydrogens is 338 g/mol. The van der Waals surface area contributed by atoms with Crippen molar-refractivity contribution in [3.05, 3.63) is 90.0 Å². The van der Waals surface area contributed by atoms with Gasteiger partial charge in [0.1, 0.15) is 0 Å². The Labute approximate surface area is 160 Å². The van der Waals surface area contributed by atoms with Crippen molar-refractivity contribution in [2.45, 2.75) is 38.1 Å². The molecule has 2 aromatic carbocycles. The maximum absolute atomic E-state index is 10.3. The molecule has 2 atom stereocenters. The normalized spacial score (nSPS) is 13.6. The molecule has 0 aliphatic carbocycles.